The van der Waals surface area contributed by atoms with Gasteiger partial charge >= 0.3 is 0 Å². The quantitative estimate of drug-likeness (QED) is 0.527. The highest BCUT2D eigenvalue weighted by atomic mass is 19.1. The summed E-state index contributed by atoms with van der Waals surface area (Å²) >= 11 is 0. The number of rotatable bonds is 4. The smallest absolute Gasteiger partial charge is 0.124 e. The van der Waals surface area contributed by atoms with E-state index in [-0.39, 0.29) is 5.82 Å². The molecule has 146 valence electrons. The highest BCUT2D eigenvalue weighted by Gasteiger charge is 2.26. The van der Waals surface area contributed by atoms with Crippen molar-refractivity contribution in [3.8, 4) is 22.4 Å². The molecular formula is C22H20FN5O. The molecule has 5 rings (SSSR count). The third kappa shape index (κ3) is 3.45. The van der Waals surface area contributed by atoms with Gasteiger partial charge in [-0.2, -0.15) is 5.10 Å². The van der Waals surface area contributed by atoms with Gasteiger partial charge in [0.15, 0.2) is 0 Å². The van der Waals surface area contributed by atoms with E-state index >= 15 is 0 Å². The summed E-state index contributed by atoms with van der Waals surface area (Å²) in [7, 11) is 0. The fourth-order valence-electron chi connectivity index (χ4n) is 3.87. The monoisotopic (exact) mass is 389 g/mol. The van der Waals surface area contributed by atoms with E-state index in [1.165, 1.54) is 12.1 Å². The van der Waals surface area contributed by atoms with Crippen molar-refractivity contribution in [1.29, 1.82) is 0 Å². The van der Waals surface area contributed by atoms with E-state index in [0.29, 0.717) is 0 Å². The highest BCUT2D eigenvalue weighted by molar-refractivity contribution is 5.83. The predicted molar refractivity (Wildman–Crippen MR) is 106 cm³/mol. The summed E-state index contributed by atoms with van der Waals surface area (Å²) in [6.07, 6.45) is 3.42. The van der Waals surface area contributed by atoms with Gasteiger partial charge in [-0.3, -0.25) is 14.6 Å². The molecule has 1 aromatic carbocycles. The van der Waals surface area contributed by atoms with Crippen molar-refractivity contribution in [3.63, 3.8) is 0 Å². The SMILES string of the molecule is Cc1cc(-c2c(-c3ccc(F)cc3)nn3c2CN(Cc2ccon2)CC3)ccn1. The summed E-state index contributed by atoms with van der Waals surface area (Å²) in [4.78, 5) is 6.67. The van der Waals surface area contributed by atoms with Gasteiger partial charge in [0.1, 0.15) is 17.8 Å². The van der Waals surface area contributed by atoms with Crippen molar-refractivity contribution >= 4 is 0 Å². The number of pyridine rings is 1. The lowest BCUT2D eigenvalue weighted by molar-refractivity contribution is 0.200. The molecule has 1 aliphatic rings. The van der Waals surface area contributed by atoms with Crippen molar-refractivity contribution in [1.82, 2.24) is 24.8 Å². The first-order valence-corrected chi connectivity index (χ1v) is 9.57. The molecule has 29 heavy (non-hydrogen) atoms. The van der Waals surface area contributed by atoms with Crippen LogP contribution in [-0.2, 0) is 19.6 Å². The first kappa shape index (κ1) is 17.8. The number of hydrogen-bond donors (Lipinski definition) is 0. The van der Waals surface area contributed by atoms with Crippen LogP contribution >= 0.6 is 0 Å². The Morgan fingerprint density at radius 2 is 1.93 bits per heavy atom. The molecular weight excluding hydrogens is 369 g/mol. The summed E-state index contributed by atoms with van der Waals surface area (Å²) in [5, 5.41) is 8.94. The van der Waals surface area contributed by atoms with Crippen LogP contribution in [0.3, 0.4) is 0 Å². The minimum atomic E-state index is -0.252. The third-order valence-electron chi connectivity index (χ3n) is 5.24. The molecule has 0 atom stereocenters. The minimum Gasteiger partial charge on any atom is -0.364 e. The van der Waals surface area contributed by atoms with Crippen molar-refractivity contribution in [2.45, 2.75) is 26.6 Å². The Hall–Kier alpha value is -3.32. The van der Waals surface area contributed by atoms with Crippen molar-refractivity contribution < 1.29 is 8.91 Å². The fraction of sp³-hybridized carbons (Fsp3) is 0.227. The van der Waals surface area contributed by atoms with Gasteiger partial charge in [-0.15, -0.1) is 0 Å². The number of aromatic nitrogens is 4. The van der Waals surface area contributed by atoms with Crippen LogP contribution in [-0.4, -0.2) is 31.4 Å². The summed E-state index contributed by atoms with van der Waals surface area (Å²) in [5.41, 5.74) is 6.92. The van der Waals surface area contributed by atoms with Crippen LogP contribution in [0.15, 0.2) is 59.4 Å². The number of nitrogens with zero attached hydrogens (tertiary/aromatic N) is 5. The normalized spacial score (nSPS) is 14.1. The maximum absolute atomic E-state index is 13.5. The number of aryl methyl sites for hydroxylation is 1. The van der Waals surface area contributed by atoms with Crippen LogP contribution in [0.2, 0.25) is 0 Å². The third-order valence-corrected chi connectivity index (χ3v) is 5.24. The molecule has 1 aliphatic heterocycles. The molecule has 6 nitrogen and oxygen atoms in total. The van der Waals surface area contributed by atoms with Gasteiger partial charge in [0, 0.05) is 48.7 Å². The van der Waals surface area contributed by atoms with E-state index in [4.69, 9.17) is 9.62 Å². The van der Waals surface area contributed by atoms with Crippen LogP contribution in [0.1, 0.15) is 17.1 Å². The zero-order chi connectivity index (χ0) is 19.8. The van der Waals surface area contributed by atoms with Gasteiger partial charge in [-0.05, 0) is 48.9 Å². The van der Waals surface area contributed by atoms with E-state index in [0.717, 1.165) is 65.6 Å². The Kier molecular flexibility index (Phi) is 4.44. The standard InChI is InChI=1S/C22H20FN5O/c1-15-12-17(6-8-24-15)21-20-14-27(13-19-7-11-29-26-19)9-10-28(20)25-22(21)16-2-4-18(23)5-3-16/h2-8,11-12H,9-10,13-14H2,1H3. The second-order valence-electron chi connectivity index (χ2n) is 7.29. The molecule has 0 unspecified atom stereocenters. The Morgan fingerprint density at radius 1 is 1.07 bits per heavy atom. The fourth-order valence-corrected chi connectivity index (χ4v) is 3.87. The second-order valence-corrected chi connectivity index (χ2v) is 7.29. The predicted octanol–water partition coefficient (Wildman–Crippen LogP) is 4.06. The van der Waals surface area contributed by atoms with Crippen LogP contribution in [0.25, 0.3) is 22.4 Å². The first-order valence-electron chi connectivity index (χ1n) is 9.57. The second kappa shape index (κ2) is 7.25. The summed E-state index contributed by atoms with van der Waals surface area (Å²) in [6, 6.07) is 12.5. The van der Waals surface area contributed by atoms with Gasteiger partial charge in [0.2, 0.25) is 0 Å². The Balaban J connectivity index is 1.60. The molecule has 0 saturated carbocycles. The number of fused-ring (bicyclic) bond motifs is 1. The van der Waals surface area contributed by atoms with Crippen molar-refractivity contribution in [2.24, 2.45) is 0 Å². The number of halogens is 1. The average Bonchev–Trinajstić information content (AvgIpc) is 3.36. The summed E-state index contributed by atoms with van der Waals surface area (Å²) in [6.45, 7) is 5.11. The van der Waals surface area contributed by atoms with Crippen LogP contribution in [0, 0.1) is 12.7 Å². The Morgan fingerprint density at radius 3 is 2.69 bits per heavy atom. The van der Waals surface area contributed by atoms with E-state index < -0.39 is 0 Å². The largest absolute Gasteiger partial charge is 0.364 e. The zero-order valence-electron chi connectivity index (χ0n) is 16.0. The van der Waals surface area contributed by atoms with Crippen LogP contribution < -0.4 is 0 Å². The molecule has 0 aliphatic carbocycles. The molecule has 0 radical (unpaired) electrons. The lowest BCUT2D eigenvalue weighted by Gasteiger charge is -2.27. The summed E-state index contributed by atoms with van der Waals surface area (Å²) < 4.78 is 20.5. The molecule has 0 amide bonds. The maximum atomic E-state index is 13.5. The van der Waals surface area contributed by atoms with Crippen molar-refractivity contribution in [2.75, 3.05) is 6.54 Å². The van der Waals surface area contributed by atoms with E-state index in [9.17, 15) is 4.39 Å². The average molecular weight is 389 g/mol. The lowest BCUT2D eigenvalue weighted by atomic mass is 9.98. The summed E-state index contributed by atoms with van der Waals surface area (Å²) in [5.74, 6) is -0.252. The van der Waals surface area contributed by atoms with Crippen LogP contribution in [0.5, 0.6) is 0 Å². The first-order chi connectivity index (χ1) is 14.2. The van der Waals surface area contributed by atoms with E-state index in [2.05, 4.69) is 25.8 Å². The molecule has 0 fully saturated rings. The highest BCUT2D eigenvalue weighted by Crippen LogP contribution is 2.36. The van der Waals surface area contributed by atoms with Gasteiger partial charge in [-0.25, -0.2) is 4.39 Å². The maximum Gasteiger partial charge on any atom is 0.124 e. The molecule has 4 heterocycles. The molecule has 3 aromatic heterocycles. The lowest BCUT2D eigenvalue weighted by Crippen LogP contribution is -2.33. The Labute approximate surface area is 167 Å². The van der Waals surface area contributed by atoms with E-state index in [1.807, 2.05) is 25.3 Å². The molecule has 0 spiro atoms. The van der Waals surface area contributed by atoms with E-state index in [1.54, 1.807) is 18.4 Å². The Bertz CT molecular complexity index is 1130. The van der Waals surface area contributed by atoms with Gasteiger partial charge < -0.3 is 4.52 Å². The molecule has 0 N–H and O–H groups in total. The molecule has 0 bridgehead atoms. The van der Waals surface area contributed by atoms with Crippen molar-refractivity contribution in [3.05, 3.63) is 77.8 Å². The molecule has 7 heteroatoms. The molecule has 0 saturated heterocycles. The topological polar surface area (TPSA) is 60.0 Å². The minimum absolute atomic E-state index is 0.252. The zero-order valence-corrected chi connectivity index (χ0v) is 16.0. The van der Waals surface area contributed by atoms with Gasteiger partial charge in [0.25, 0.3) is 0 Å². The number of hydrogen-bond acceptors (Lipinski definition) is 5. The van der Waals surface area contributed by atoms with Gasteiger partial charge in [-0.1, -0.05) is 5.16 Å². The number of benzene rings is 1. The molecule has 4 aromatic rings. The van der Waals surface area contributed by atoms with Crippen LogP contribution in [0.4, 0.5) is 4.39 Å². The van der Waals surface area contributed by atoms with Gasteiger partial charge in [0.05, 0.1) is 17.9 Å².